The zero-order chi connectivity index (χ0) is 15.3. The van der Waals surface area contributed by atoms with Gasteiger partial charge in [-0.1, -0.05) is 13.8 Å². The summed E-state index contributed by atoms with van der Waals surface area (Å²) >= 11 is 0. The Hall–Kier alpha value is -0.170. The summed E-state index contributed by atoms with van der Waals surface area (Å²) in [4.78, 5) is 0. The van der Waals surface area contributed by atoms with Crippen LogP contribution in [0.3, 0.4) is 0 Å². The molecule has 21 heavy (non-hydrogen) atoms. The summed E-state index contributed by atoms with van der Waals surface area (Å²) in [5.74, 6) is 0.524. The smallest absolute Gasteiger partial charge is 0.212 e. The second kappa shape index (κ2) is 5.18. The van der Waals surface area contributed by atoms with Gasteiger partial charge in [-0.2, -0.15) is 0 Å². The molecule has 4 atom stereocenters. The second-order valence-corrected chi connectivity index (χ2v) is 9.57. The minimum absolute atomic E-state index is 0.0669. The van der Waals surface area contributed by atoms with Gasteiger partial charge in [0.2, 0.25) is 10.0 Å². The van der Waals surface area contributed by atoms with Crippen LogP contribution in [0, 0.1) is 16.7 Å². The molecular weight excluding hydrogens is 288 g/mol. The first-order chi connectivity index (χ1) is 9.77. The average molecular weight is 316 g/mol. The Bertz CT molecular complexity index is 499. The van der Waals surface area contributed by atoms with Gasteiger partial charge in [-0.3, -0.25) is 0 Å². The molecule has 3 fully saturated rings. The third-order valence-electron chi connectivity index (χ3n) is 6.55. The van der Waals surface area contributed by atoms with Gasteiger partial charge in [0.15, 0.2) is 0 Å². The highest BCUT2D eigenvalue weighted by Crippen LogP contribution is 2.65. The number of nitrogens with one attached hydrogen (secondary N) is 2. The first-order valence-electron chi connectivity index (χ1n) is 8.16. The van der Waals surface area contributed by atoms with Gasteiger partial charge in [0, 0.05) is 18.0 Å². The molecule has 0 aromatic rings. The van der Waals surface area contributed by atoms with E-state index in [1.807, 2.05) is 0 Å². The molecule has 2 aliphatic carbocycles. The topological polar surface area (TPSA) is 78.4 Å². The lowest BCUT2D eigenvalue weighted by molar-refractivity contribution is 0.0152. The fraction of sp³-hybridized carbons (Fsp3) is 1.00. The van der Waals surface area contributed by atoms with Crippen molar-refractivity contribution in [1.29, 1.82) is 0 Å². The number of rotatable bonds is 5. The van der Waals surface area contributed by atoms with Crippen LogP contribution in [0.4, 0.5) is 0 Å². The minimum atomic E-state index is -3.35. The second-order valence-electron chi connectivity index (χ2n) is 7.77. The summed E-state index contributed by atoms with van der Waals surface area (Å²) < 4.78 is 27.8. The summed E-state index contributed by atoms with van der Waals surface area (Å²) in [7, 11) is -3.35. The fourth-order valence-corrected chi connectivity index (χ4v) is 6.87. The van der Waals surface area contributed by atoms with Crippen LogP contribution in [-0.2, 0) is 10.0 Å². The van der Waals surface area contributed by atoms with Crippen LogP contribution in [0.15, 0.2) is 0 Å². The van der Waals surface area contributed by atoms with Crippen molar-refractivity contribution in [3.63, 3.8) is 0 Å². The molecule has 2 saturated carbocycles. The number of sulfonamides is 1. The van der Waals surface area contributed by atoms with Crippen molar-refractivity contribution in [2.75, 3.05) is 18.8 Å². The Labute approximate surface area is 127 Å². The van der Waals surface area contributed by atoms with Gasteiger partial charge in [0.25, 0.3) is 0 Å². The Morgan fingerprint density at radius 2 is 2.10 bits per heavy atom. The van der Waals surface area contributed by atoms with Gasteiger partial charge in [-0.05, 0) is 50.0 Å². The summed E-state index contributed by atoms with van der Waals surface area (Å²) in [5.41, 5.74) is -0.556. The van der Waals surface area contributed by atoms with E-state index >= 15 is 0 Å². The van der Waals surface area contributed by atoms with Crippen molar-refractivity contribution < 1.29 is 13.5 Å². The Morgan fingerprint density at radius 1 is 1.33 bits per heavy atom. The lowest BCUT2D eigenvalue weighted by Gasteiger charge is -2.40. The quantitative estimate of drug-likeness (QED) is 0.702. The maximum absolute atomic E-state index is 12.5. The van der Waals surface area contributed by atoms with Crippen LogP contribution in [0.1, 0.15) is 46.0 Å². The molecule has 2 unspecified atom stereocenters. The Kier molecular flexibility index (Phi) is 3.88. The predicted octanol–water partition coefficient (Wildman–Crippen LogP) is 0.845. The molecule has 0 aromatic heterocycles. The van der Waals surface area contributed by atoms with Gasteiger partial charge in [-0.15, -0.1) is 0 Å². The van der Waals surface area contributed by atoms with E-state index in [1.54, 1.807) is 0 Å². The molecule has 1 saturated heterocycles. The number of aliphatic hydroxyl groups excluding tert-OH is 1. The largest absolute Gasteiger partial charge is 0.392 e. The van der Waals surface area contributed by atoms with Crippen molar-refractivity contribution in [3.05, 3.63) is 0 Å². The van der Waals surface area contributed by atoms with Crippen molar-refractivity contribution in [1.82, 2.24) is 10.0 Å². The number of hydrogen-bond acceptors (Lipinski definition) is 4. The molecule has 1 aliphatic heterocycles. The molecule has 2 bridgehead atoms. The third-order valence-corrected chi connectivity index (χ3v) is 8.05. The number of hydrogen-bond donors (Lipinski definition) is 3. The summed E-state index contributed by atoms with van der Waals surface area (Å²) in [6, 6.07) is 0.259. The van der Waals surface area contributed by atoms with E-state index in [-0.39, 0.29) is 17.2 Å². The fourth-order valence-electron chi connectivity index (χ4n) is 4.93. The molecule has 6 heteroatoms. The summed E-state index contributed by atoms with van der Waals surface area (Å²) in [6.45, 7) is 5.71. The maximum atomic E-state index is 12.5. The summed E-state index contributed by atoms with van der Waals surface area (Å²) in [6.07, 6.45) is 4.30. The Balaban J connectivity index is 1.69. The van der Waals surface area contributed by atoms with E-state index < -0.39 is 21.5 Å². The van der Waals surface area contributed by atoms with Gasteiger partial charge >= 0.3 is 0 Å². The zero-order valence-corrected chi connectivity index (χ0v) is 13.9. The molecule has 0 radical (unpaired) electrons. The highest BCUT2D eigenvalue weighted by molar-refractivity contribution is 7.89. The van der Waals surface area contributed by atoms with Crippen LogP contribution in [0.5, 0.6) is 0 Å². The van der Waals surface area contributed by atoms with Gasteiger partial charge < -0.3 is 10.4 Å². The van der Waals surface area contributed by atoms with E-state index in [0.717, 1.165) is 38.6 Å². The van der Waals surface area contributed by atoms with Crippen LogP contribution in [0.2, 0.25) is 0 Å². The van der Waals surface area contributed by atoms with Crippen LogP contribution >= 0.6 is 0 Å². The zero-order valence-electron chi connectivity index (χ0n) is 13.1. The predicted molar refractivity (Wildman–Crippen MR) is 82.4 cm³/mol. The average Bonchev–Trinajstić information content (AvgIpc) is 3.02. The standard InChI is InChI=1S/C15H28N2O3S/c1-14(2)11-5-6-15(14,13(18)8-11)10-21(19,20)17-9-12-4-3-7-16-12/h11-13,16-18H,3-10H2,1-2H3/t11?,12-,13?,15+/m0/s1. The molecular formula is C15H28N2O3S. The first-order valence-corrected chi connectivity index (χ1v) is 9.81. The molecule has 1 heterocycles. The maximum Gasteiger partial charge on any atom is 0.212 e. The van der Waals surface area contributed by atoms with Crippen molar-refractivity contribution >= 4 is 10.0 Å². The normalized spacial score (nSPS) is 41.8. The Morgan fingerprint density at radius 3 is 2.62 bits per heavy atom. The van der Waals surface area contributed by atoms with Gasteiger partial charge in [0.05, 0.1) is 11.9 Å². The van der Waals surface area contributed by atoms with E-state index in [9.17, 15) is 13.5 Å². The molecule has 3 aliphatic rings. The highest BCUT2D eigenvalue weighted by atomic mass is 32.2. The van der Waals surface area contributed by atoms with Gasteiger partial charge in [0.1, 0.15) is 0 Å². The molecule has 0 amide bonds. The first kappa shape index (κ1) is 15.7. The van der Waals surface area contributed by atoms with Crippen LogP contribution in [0.25, 0.3) is 0 Å². The van der Waals surface area contributed by atoms with Gasteiger partial charge in [-0.25, -0.2) is 13.1 Å². The van der Waals surface area contributed by atoms with E-state index in [0.29, 0.717) is 12.5 Å². The lowest BCUT2D eigenvalue weighted by Crippen LogP contribution is -2.48. The molecule has 0 aromatic carbocycles. The highest BCUT2D eigenvalue weighted by Gasteiger charge is 2.64. The van der Waals surface area contributed by atoms with Crippen molar-refractivity contribution in [3.8, 4) is 0 Å². The monoisotopic (exact) mass is 316 g/mol. The third kappa shape index (κ3) is 2.54. The minimum Gasteiger partial charge on any atom is -0.392 e. The summed E-state index contributed by atoms with van der Waals surface area (Å²) in [5, 5.41) is 13.7. The van der Waals surface area contributed by atoms with Crippen molar-refractivity contribution in [2.24, 2.45) is 16.7 Å². The molecule has 5 nitrogen and oxygen atoms in total. The SMILES string of the molecule is CC1(C)C2CC[C@@]1(CS(=O)(=O)NC[C@@H]1CCCN1)C(O)C2. The van der Waals surface area contributed by atoms with E-state index in [4.69, 9.17) is 0 Å². The molecule has 0 spiro atoms. The molecule has 122 valence electrons. The van der Waals surface area contributed by atoms with Crippen LogP contribution < -0.4 is 10.0 Å². The number of aliphatic hydroxyl groups is 1. The van der Waals surface area contributed by atoms with Crippen LogP contribution in [-0.4, -0.2) is 44.5 Å². The lowest BCUT2D eigenvalue weighted by atomic mass is 9.70. The molecule has 3 N–H and O–H groups in total. The van der Waals surface area contributed by atoms with E-state index in [1.165, 1.54) is 0 Å². The number of fused-ring (bicyclic) bond motifs is 2. The van der Waals surface area contributed by atoms with Crippen molar-refractivity contribution in [2.45, 2.75) is 58.1 Å². The van der Waals surface area contributed by atoms with E-state index in [2.05, 4.69) is 23.9 Å². The molecule has 3 rings (SSSR count).